The Labute approximate surface area is 115 Å². The van der Waals surface area contributed by atoms with Gasteiger partial charge in [0, 0.05) is 5.56 Å². The molecule has 1 aliphatic rings. The highest BCUT2D eigenvalue weighted by Gasteiger charge is 2.20. The van der Waals surface area contributed by atoms with Gasteiger partial charge in [0.1, 0.15) is 18.9 Å². The van der Waals surface area contributed by atoms with Gasteiger partial charge in [0.05, 0.1) is 5.69 Å². The molecular weight excluding hydrogens is 260 g/mol. The van der Waals surface area contributed by atoms with Gasteiger partial charge < -0.3 is 14.6 Å². The lowest BCUT2D eigenvalue weighted by molar-refractivity contribution is 0.0690. The third-order valence-corrected chi connectivity index (χ3v) is 3.48. The van der Waals surface area contributed by atoms with Gasteiger partial charge in [0.15, 0.2) is 11.5 Å². The second kappa shape index (κ2) is 4.56. The molecule has 2 aromatic rings. The molecule has 0 atom stereocenters. The Bertz CT molecular complexity index is 691. The predicted molar refractivity (Wildman–Crippen MR) is 71.4 cm³/mol. The van der Waals surface area contributed by atoms with E-state index in [1.54, 1.807) is 0 Å². The molecule has 6 nitrogen and oxygen atoms in total. The summed E-state index contributed by atoms with van der Waals surface area (Å²) < 4.78 is 11.2. The second-order valence-electron chi connectivity index (χ2n) is 4.67. The molecule has 0 saturated carbocycles. The number of aromatic nitrogens is 2. The van der Waals surface area contributed by atoms with Crippen LogP contribution in [0.15, 0.2) is 12.1 Å². The van der Waals surface area contributed by atoms with Crippen LogP contribution in [0.2, 0.25) is 0 Å². The highest BCUT2D eigenvalue weighted by atomic mass is 16.6. The van der Waals surface area contributed by atoms with E-state index in [-0.39, 0.29) is 5.69 Å². The number of aromatic carboxylic acids is 1. The maximum Gasteiger partial charge on any atom is 0.353 e. The van der Waals surface area contributed by atoms with Crippen LogP contribution in [0, 0.1) is 13.8 Å². The van der Waals surface area contributed by atoms with E-state index >= 15 is 0 Å². The van der Waals surface area contributed by atoms with Crippen LogP contribution < -0.4 is 9.47 Å². The number of nitrogens with one attached hydrogen (secondary N) is 1. The largest absolute Gasteiger partial charge is 0.486 e. The minimum absolute atomic E-state index is 0.0620. The fourth-order valence-electron chi connectivity index (χ4n) is 2.28. The summed E-state index contributed by atoms with van der Waals surface area (Å²) in [5.41, 5.74) is 3.47. The third-order valence-electron chi connectivity index (χ3n) is 3.48. The minimum Gasteiger partial charge on any atom is -0.486 e. The summed E-state index contributed by atoms with van der Waals surface area (Å²) in [5, 5.41) is 15.5. The molecule has 0 amide bonds. The van der Waals surface area contributed by atoms with Gasteiger partial charge in [0.2, 0.25) is 0 Å². The van der Waals surface area contributed by atoms with Gasteiger partial charge in [-0.25, -0.2) is 4.79 Å². The quantitative estimate of drug-likeness (QED) is 0.876. The van der Waals surface area contributed by atoms with Crippen molar-refractivity contribution in [2.75, 3.05) is 13.2 Å². The summed E-state index contributed by atoms with van der Waals surface area (Å²) in [6.45, 7) is 4.96. The van der Waals surface area contributed by atoms with Gasteiger partial charge in [-0.05, 0) is 37.1 Å². The van der Waals surface area contributed by atoms with Crippen molar-refractivity contribution in [1.29, 1.82) is 0 Å². The third kappa shape index (κ3) is 1.89. The topological polar surface area (TPSA) is 84.4 Å². The molecule has 0 fully saturated rings. The number of ether oxygens (including phenoxy) is 2. The predicted octanol–water partition coefficient (Wildman–Crippen LogP) is 2.16. The smallest absolute Gasteiger partial charge is 0.353 e. The number of benzene rings is 1. The summed E-state index contributed by atoms with van der Waals surface area (Å²) in [7, 11) is 0. The van der Waals surface area contributed by atoms with Crippen LogP contribution in [0.1, 0.15) is 21.6 Å². The van der Waals surface area contributed by atoms with E-state index in [9.17, 15) is 4.79 Å². The Morgan fingerprint density at radius 3 is 2.70 bits per heavy atom. The van der Waals surface area contributed by atoms with Gasteiger partial charge in [-0.1, -0.05) is 0 Å². The van der Waals surface area contributed by atoms with Crippen molar-refractivity contribution >= 4 is 5.97 Å². The van der Waals surface area contributed by atoms with Crippen LogP contribution in [0.5, 0.6) is 11.5 Å². The van der Waals surface area contributed by atoms with Crippen LogP contribution in [0.3, 0.4) is 0 Å². The monoisotopic (exact) mass is 274 g/mol. The molecule has 0 spiro atoms. The number of aromatic amines is 1. The summed E-state index contributed by atoms with van der Waals surface area (Å²) in [6, 6.07) is 3.36. The van der Waals surface area contributed by atoms with Crippen LogP contribution in [-0.4, -0.2) is 34.5 Å². The van der Waals surface area contributed by atoms with Gasteiger partial charge in [-0.15, -0.1) is 0 Å². The number of carbonyl (C=O) groups is 1. The van der Waals surface area contributed by atoms with Gasteiger partial charge in [-0.3, -0.25) is 5.10 Å². The standard InChI is InChI=1S/C14H14N2O4/c1-7-8(2)13-12(19-3-4-20-13)5-9(7)10-6-11(14(17)18)16-15-10/h5-6H,3-4H2,1-2H3,(H,15,16)(H,17,18). The maximum atomic E-state index is 10.9. The van der Waals surface area contributed by atoms with E-state index in [1.807, 2.05) is 19.9 Å². The van der Waals surface area contributed by atoms with Crippen molar-refractivity contribution in [2.24, 2.45) is 0 Å². The molecular formula is C14H14N2O4. The second-order valence-corrected chi connectivity index (χ2v) is 4.67. The Kier molecular flexibility index (Phi) is 2.85. The Balaban J connectivity index is 2.13. The maximum absolute atomic E-state index is 10.9. The number of carboxylic acid groups (broad SMARTS) is 1. The van der Waals surface area contributed by atoms with Gasteiger partial charge in [-0.2, -0.15) is 5.10 Å². The molecule has 1 aromatic heterocycles. The van der Waals surface area contributed by atoms with Crippen molar-refractivity contribution < 1.29 is 19.4 Å². The number of hydrogen-bond donors (Lipinski definition) is 2. The van der Waals surface area contributed by atoms with Crippen molar-refractivity contribution in [3.63, 3.8) is 0 Å². The highest BCUT2D eigenvalue weighted by Crippen LogP contribution is 2.40. The molecule has 2 heterocycles. The number of carboxylic acids is 1. The molecule has 0 aliphatic carbocycles. The first-order valence-electron chi connectivity index (χ1n) is 6.27. The molecule has 3 rings (SSSR count). The summed E-state index contributed by atoms with van der Waals surface area (Å²) in [5.74, 6) is 0.399. The van der Waals surface area contributed by atoms with Crippen molar-refractivity contribution in [2.45, 2.75) is 13.8 Å². The molecule has 0 saturated heterocycles. The molecule has 1 aromatic carbocycles. The normalized spacial score (nSPS) is 13.3. The first-order valence-corrected chi connectivity index (χ1v) is 6.27. The summed E-state index contributed by atoms with van der Waals surface area (Å²) in [4.78, 5) is 10.9. The van der Waals surface area contributed by atoms with Crippen molar-refractivity contribution in [1.82, 2.24) is 10.2 Å². The molecule has 0 radical (unpaired) electrons. The Morgan fingerprint density at radius 1 is 1.25 bits per heavy atom. The van der Waals surface area contributed by atoms with Gasteiger partial charge >= 0.3 is 5.97 Å². The number of fused-ring (bicyclic) bond motifs is 1. The van der Waals surface area contributed by atoms with Crippen LogP contribution in [-0.2, 0) is 0 Å². The number of H-pyrrole nitrogens is 1. The highest BCUT2D eigenvalue weighted by molar-refractivity contribution is 5.87. The average molecular weight is 274 g/mol. The molecule has 0 unspecified atom stereocenters. The molecule has 20 heavy (non-hydrogen) atoms. The van der Waals surface area contributed by atoms with E-state index in [2.05, 4.69) is 10.2 Å². The first-order chi connectivity index (χ1) is 9.58. The van der Waals surface area contributed by atoms with E-state index in [0.29, 0.717) is 24.7 Å². The Morgan fingerprint density at radius 2 is 2.00 bits per heavy atom. The molecule has 104 valence electrons. The fraction of sp³-hybridized carbons (Fsp3) is 0.286. The van der Waals surface area contributed by atoms with E-state index in [1.165, 1.54) is 6.07 Å². The molecule has 0 bridgehead atoms. The van der Waals surface area contributed by atoms with Crippen molar-refractivity contribution in [3.8, 4) is 22.8 Å². The van der Waals surface area contributed by atoms with E-state index < -0.39 is 5.97 Å². The zero-order valence-electron chi connectivity index (χ0n) is 11.2. The SMILES string of the molecule is Cc1c(-c2cc(C(=O)O)[nH]n2)cc2c(c1C)OCCO2. The van der Waals surface area contributed by atoms with Crippen LogP contribution in [0.25, 0.3) is 11.3 Å². The summed E-state index contributed by atoms with van der Waals surface area (Å²) >= 11 is 0. The molecule has 6 heteroatoms. The van der Waals surface area contributed by atoms with Crippen LogP contribution in [0.4, 0.5) is 0 Å². The first kappa shape index (κ1) is 12.5. The van der Waals surface area contributed by atoms with Crippen LogP contribution >= 0.6 is 0 Å². The lowest BCUT2D eigenvalue weighted by Crippen LogP contribution is -2.16. The zero-order valence-corrected chi connectivity index (χ0v) is 11.2. The lowest BCUT2D eigenvalue weighted by Gasteiger charge is -2.22. The van der Waals surface area contributed by atoms with Crippen molar-refractivity contribution in [3.05, 3.63) is 29.0 Å². The zero-order chi connectivity index (χ0) is 14.3. The minimum atomic E-state index is -1.03. The van der Waals surface area contributed by atoms with E-state index in [0.717, 1.165) is 22.4 Å². The lowest BCUT2D eigenvalue weighted by atomic mass is 9.99. The van der Waals surface area contributed by atoms with E-state index in [4.69, 9.17) is 14.6 Å². The number of hydrogen-bond acceptors (Lipinski definition) is 4. The average Bonchev–Trinajstić information content (AvgIpc) is 2.92. The molecule has 2 N–H and O–H groups in total. The fourth-order valence-corrected chi connectivity index (χ4v) is 2.28. The Hall–Kier alpha value is -2.50. The number of nitrogens with zero attached hydrogens (tertiary/aromatic N) is 1. The number of rotatable bonds is 2. The molecule has 1 aliphatic heterocycles. The van der Waals surface area contributed by atoms with Gasteiger partial charge in [0.25, 0.3) is 0 Å². The summed E-state index contributed by atoms with van der Waals surface area (Å²) in [6.07, 6.45) is 0.